The predicted octanol–water partition coefficient (Wildman–Crippen LogP) is 3.13. The van der Waals surface area contributed by atoms with Gasteiger partial charge in [-0.15, -0.1) is 11.3 Å². The van der Waals surface area contributed by atoms with Gasteiger partial charge >= 0.3 is 0 Å². The molecule has 1 aliphatic heterocycles. The third kappa shape index (κ3) is 3.67. The van der Waals surface area contributed by atoms with Crippen molar-refractivity contribution < 1.29 is 4.79 Å². The van der Waals surface area contributed by atoms with E-state index in [1.807, 2.05) is 0 Å². The number of rotatable bonds is 3. The Morgan fingerprint density at radius 2 is 2.19 bits per heavy atom. The topological polar surface area (TPSA) is 41.1 Å². The van der Waals surface area contributed by atoms with Gasteiger partial charge in [-0.05, 0) is 76.1 Å². The molecular weight excluding hydrogens is 280 g/mol. The van der Waals surface area contributed by atoms with Crippen LogP contribution >= 0.6 is 11.3 Å². The number of carbonyl (C=O) groups excluding carboxylic acids is 1. The molecule has 0 bridgehead atoms. The molecule has 0 spiro atoms. The molecule has 0 radical (unpaired) electrons. The molecule has 2 atom stereocenters. The lowest BCUT2D eigenvalue weighted by atomic mass is 9.93. The number of piperidine rings is 1. The fraction of sp³-hybridized carbons (Fsp3) is 0.706. The molecule has 1 aromatic heterocycles. The monoisotopic (exact) mass is 306 g/mol. The van der Waals surface area contributed by atoms with Crippen LogP contribution in [0.5, 0.6) is 0 Å². The van der Waals surface area contributed by atoms with Crippen LogP contribution in [-0.2, 0) is 12.8 Å². The Morgan fingerprint density at radius 3 is 3.00 bits per heavy atom. The molecule has 2 heterocycles. The Kier molecular flexibility index (Phi) is 4.96. The molecule has 1 fully saturated rings. The van der Waals surface area contributed by atoms with Crippen molar-refractivity contribution in [3.63, 3.8) is 0 Å². The molecule has 1 saturated heterocycles. The molecule has 1 amide bonds. The number of aryl methyl sites for hydroxylation is 2. The fourth-order valence-corrected chi connectivity index (χ4v) is 4.64. The number of carbonyl (C=O) groups is 1. The van der Waals surface area contributed by atoms with E-state index in [0.29, 0.717) is 5.92 Å². The number of thiophene rings is 1. The normalized spacial score (nSPS) is 24.0. The Morgan fingerprint density at radius 1 is 1.33 bits per heavy atom. The molecule has 2 aliphatic rings. The Labute approximate surface area is 131 Å². The van der Waals surface area contributed by atoms with Crippen LogP contribution in [0, 0.1) is 5.92 Å². The average Bonchev–Trinajstić information content (AvgIpc) is 2.79. The highest BCUT2D eigenvalue weighted by Gasteiger charge is 2.23. The molecule has 2 N–H and O–H groups in total. The van der Waals surface area contributed by atoms with E-state index in [9.17, 15) is 4.79 Å². The molecule has 0 saturated carbocycles. The zero-order chi connectivity index (χ0) is 14.7. The minimum Gasteiger partial charge on any atom is -0.349 e. The third-order valence-electron chi connectivity index (χ3n) is 4.87. The van der Waals surface area contributed by atoms with Gasteiger partial charge in [0.2, 0.25) is 0 Å². The summed E-state index contributed by atoms with van der Waals surface area (Å²) in [5, 5.41) is 6.65. The molecule has 1 aromatic rings. The second-order valence-electron chi connectivity index (χ2n) is 6.49. The van der Waals surface area contributed by atoms with Crippen molar-refractivity contribution in [1.82, 2.24) is 10.6 Å². The lowest BCUT2D eigenvalue weighted by molar-refractivity contribution is 0.0926. The fourth-order valence-electron chi connectivity index (χ4n) is 3.48. The summed E-state index contributed by atoms with van der Waals surface area (Å²) in [6.45, 7) is 4.30. The van der Waals surface area contributed by atoms with Crippen LogP contribution in [0.4, 0.5) is 0 Å². The van der Waals surface area contributed by atoms with Crippen LogP contribution in [-0.4, -0.2) is 25.0 Å². The first kappa shape index (κ1) is 15.0. The van der Waals surface area contributed by atoms with Gasteiger partial charge in [0.15, 0.2) is 0 Å². The van der Waals surface area contributed by atoms with Crippen molar-refractivity contribution in [1.29, 1.82) is 0 Å². The van der Waals surface area contributed by atoms with E-state index in [2.05, 4.69) is 23.6 Å². The second kappa shape index (κ2) is 6.93. The van der Waals surface area contributed by atoms with Gasteiger partial charge in [-0.2, -0.15) is 0 Å². The van der Waals surface area contributed by atoms with E-state index in [1.165, 1.54) is 42.5 Å². The van der Waals surface area contributed by atoms with E-state index in [1.54, 1.807) is 11.3 Å². The number of hydrogen-bond donors (Lipinski definition) is 2. The number of hydrogen-bond acceptors (Lipinski definition) is 3. The van der Waals surface area contributed by atoms with E-state index >= 15 is 0 Å². The first-order valence-corrected chi connectivity index (χ1v) is 9.19. The summed E-state index contributed by atoms with van der Waals surface area (Å²) < 4.78 is 0. The maximum atomic E-state index is 12.5. The van der Waals surface area contributed by atoms with Gasteiger partial charge in [0, 0.05) is 10.9 Å². The summed E-state index contributed by atoms with van der Waals surface area (Å²) in [5.41, 5.74) is 1.43. The first-order valence-electron chi connectivity index (χ1n) is 8.37. The van der Waals surface area contributed by atoms with Gasteiger partial charge in [-0.25, -0.2) is 0 Å². The van der Waals surface area contributed by atoms with Gasteiger partial charge in [0.05, 0.1) is 4.88 Å². The lowest BCUT2D eigenvalue weighted by Crippen LogP contribution is -2.44. The third-order valence-corrected chi connectivity index (χ3v) is 6.11. The van der Waals surface area contributed by atoms with Crippen molar-refractivity contribution in [2.24, 2.45) is 5.92 Å². The largest absolute Gasteiger partial charge is 0.349 e. The van der Waals surface area contributed by atoms with E-state index in [-0.39, 0.29) is 11.9 Å². The van der Waals surface area contributed by atoms with Crippen molar-refractivity contribution in [2.75, 3.05) is 13.1 Å². The molecule has 1 aliphatic carbocycles. The average molecular weight is 306 g/mol. The van der Waals surface area contributed by atoms with Crippen LogP contribution < -0.4 is 10.6 Å². The minimum absolute atomic E-state index is 0.131. The standard InChI is InChI=1S/C17H26N2OS/c1-12(14-7-5-9-18-11-14)19-17(20)16-10-13-6-3-2-4-8-15(13)21-16/h10,12,14,18H,2-9,11H2,1H3,(H,19,20). The Bertz CT molecular complexity index is 467. The maximum absolute atomic E-state index is 12.5. The van der Waals surface area contributed by atoms with Crippen molar-refractivity contribution >= 4 is 17.2 Å². The Hall–Kier alpha value is -0.870. The number of nitrogens with one attached hydrogen (secondary N) is 2. The lowest BCUT2D eigenvalue weighted by Gasteiger charge is -2.28. The summed E-state index contributed by atoms with van der Waals surface area (Å²) >= 11 is 1.72. The molecule has 3 nitrogen and oxygen atoms in total. The van der Waals surface area contributed by atoms with Gasteiger partial charge in [-0.1, -0.05) is 6.42 Å². The van der Waals surface area contributed by atoms with Crippen LogP contribution in [0.3, 0.4) is 0 Å². The van der Waals surface area contributed by atoms with Crippen LogP contribution in [0.25, 0.3) is 0 Å². The smallest absolute Gasteiger partial charge is 0.261 e. The van der Waals surface area contributed by atoms with Crippen LogP contribution in [0.15, 0.2) is 6.07 Å². The van der Waals surface area contributed by atoms with Gasteiger partial charge in [0.1, 0.15) is 0 Å². The van der Waals surface area contributed by atoms with Gasteiger partial charge < -0.3 is 10.6 Å². The van der Waals surface area contributed by atoms with Crippen molar-refractivity contribution in [3.05, 3.63) is 21.4 Å². The van der Waals surface area contributed by atoms with Crippen LogP contribution in [0.2, 0.25) is 0 Å². The van der Waals surface area contributed by atoms with E-state index < -0.39 is 0 Å². The number of amides is 1. The SMILES string of the molecule is CC(NC(=O)c1cc2c(s1)CCCCC2)C1CCCNC1. The highest BCUT2D eigenvalue weighted by atomic mass is 32.1. The first-order chi connectivity index (χ1) is 10.2. The highest BCUT2D eigenvalue weighted by molar-refractivity contribution is 7.14. The Balaban J connectivity index is 1.62. The molecule has 116 valence electrons. The predicted molar refractivity (Wildman–Crippen MR) is 88.1 cm³/mol. The molecule has 0 aromatic carbocycles. The van der Waals surface area contributed by atoms with Crippen LogP contribution in [0.1, 0.15) is 59.1 Å². The van der Waals surface area contributed by atoms with E-state index in [4.69, 9.17) is 0 Å². The molecule has 3 rings (SSSR count). The van der Waals surface area contributed by atoms with E-state index in [0.717, 1.165) is 30.8 Å². The van der Waals surface area contributed by atoms with Crippen molar-refractivity contribution in [2.45, 2.75) is 57.9 Å². The summed E-state index contributed by atoms with van der Waals surface area (Å²) in [6, 6.07) is 2.40. The minimum atomic E-state index is 0.131. The summed E-state index contributed by atoms with van der Waals surface area (Å²) in [4.78, 5) is 14.8. The second-order valence-corrected chi connectivity index (χ2v) is 7.63. The highest BCUT2D eigenvalue weighted by Crippen LogP contribution is 2.29. The summed E-state index contributed by atoms with van der Waals surface area (Å²) in [7, 11) is 0. The van der Waals surface area contributed by atoms with Crippen molar-refractivity contribution in [3.8, 4) is 0 Å². The molecule has 2 unspecified atom stereocenters. The quantitative estimate of drug-likeness (QED) is 0.842. The molecular formula is C17H26N2OS. The van der Waals surface area contributed by atoms with Gasteiger partial charge in [0.25, 0.3) is 5.91 Å². The summed E-state index contributed by atoms with van der Waals surface area (Å²) in [5.74, 6) is 0.701. The van der Waals surface area contributed by atoms with Gasteiger partial charge in [-0.3, -0.25) is 4.79 Å². The summed E-state index contributed by atoms with van der Waals surface area (Å²) in [6.07, 6.45) is 8.63. The zero-order valence-corrected chi connectivity index (χ0v) is 13.7. The molecule has 21 heavy (non-hydrogen) atoms. The maximum Gasteiger partial charge on any atom is 0.261 e. The molecule has 4 heteroatoms. The zero-order valence-electron chi connectivity index (χ0n) is 12.9. The number of fused-ring (bicyclic) bond motifs is 1.